The standard InChI is InChI=1S/C13H18F2N2O/c14-10-2-1-3-11(15)9(10)8-12(16)13(18)4-6-17-7-5-13/h1-3,12,17-18H,4-8,16H2. The van der Waals surface area contributed by atoms with E-state index < -0.39 is 23.3 Å². The van der Waals surface area contributed by atoms with Crippen LogP contribution in [0.2, 0.25) is 0 Å². The quantitative estimate of drug-likeness (QED) is 0.754. The largest absolute Gasteiger partial charge is 0.388 e. The van der Waals surface area contributed by atoms with Crippen LogP contribution < -0.4 is 11.1 Å². The molecule has 2 rings (SSSR count). The molecule has 0 radical (unpaired) electrons. The van der Waals surface area contributed by atoms with Crippen molar-refractivity contribution in [1.82, 2.24) is 5.32 Å². The molecule has 1 saturated heterocycles. The molecule has 1 aliphatic heterocycles. The predicted molar refractivity (Wildman–Crippen MR) is 65.1 cm³/mol. The minimum Gasteiger partial charge on any atom is -0.388 e. The first kappa shape index (κ1) is 13.4. The molecule has 0 aliphatic carbocycles. The fraction of sp³-hybridized carbons (Fsp3) is 0.538. The summed E-state index contributed by atoms with van der Waals surface area (Å²) >= 11 is 0. The van der Waals surface area contributed by atoms with Gasteiger partial charge in [0.2, 0.25) is 0 Å². The summed E-state index contributed by atoms with van der Waals surface area (Å²) in [5.74, 6) is -1.22. The van der Waals surface area contributed by atoms with Gasteiger partial charge in [-0.25, -0.2) is 8.78 Å². The zero-order valence-electron chi connectivity index (χ0n) is 10.1. The normalized spacial score (nSPS) is 20.7. The topological polar surface area (TPSA) is 58.3 Å². The predicted octanol–water partition coefficient (Wildman–Crippen LogP) is 0.949. The summed E-state index contributed by atoms with van der Waals surface area (Å²) < 4.78 is 27.0. The summed E-state index contributed by atoms with van der Waals surface area (Å²) in [5, 5.41) is 13.5. The van der Waals surface area contributed by atoms with E-state index in [0.29, 0.717) is 25.9 Å². The molecule has 1 fully saturated rings. The third kappa shape index (κ3) is 2.68. The first-order chi connectivity index (χ1) is 8.53. The van der Waals surface area contributed by atoms with Crippen molar-refractivity contribution in [2.24, 2.45) is 5.73 Å². The van der Waals surface area contributed by atoms with Gasteiger partial charge in [0.25, 0.3) is 0 Å². The summed E-state index contributed by atoms with van der Waals surface area (Å²) in [4.78, 5) is 0. The van der Waals surface area contributed by atoms with Gasteiger partial charge in [0.1, 0.15) is 11.6 Å². The number of nitrogens with one attached hydrogen (secondary N) is 1. The van der Waals surface area contributed by atoms with Gasteiger partial charge in [-0.15, -0.1) is 0 Å². The number of aliphatic hydroxyl groups is 1. The van der Waals surface area contributed by atoms with Crippen molar-refractivity contribution in [2.45, 2.75) is 30.9 Å². The number of nitrogens with two attached hydrogens (primary N) is 1. The summed E-state index contributed by atoms with van der Waals surface area (Å²) in [6.45, 7) is 1.34. The highest BCUT2D eigenvalue weighted by Crippen LogP contribution is 2.25. The Kier molecular flexibility index (Phi) is 3.94. The van der Waals surface area contributed by atoms with E-state index in [9.17, 15) is 13.9 Å². The Morgan fingerprint density at radius 3 is 2.39 bits per heavy atom. The molecule has 4 N–H and O–H groups in total. The minimum atomic E-state index is -1.04. The Morgan fingerprint density at radius 1 is 1.28 bits per heavy atom. The highest BCUT2D eigenvalue weighted by molar-refractivity contribution is 5.21. The molecule has 100 valence electrons. The number of hydrogen-bond acceptors (Lipinski definition) is 3. The van der Waals surface area contributed by atoms with Crippen molar-refractivity contribution in [3.05, 3.63) is 35.4 Å². The number of rotatable bonds is 3. The summed E-state index contributed by atoms with van der Waals surface area (Å²) in [6.07, 6.45) is 1.02. The third-order valence-electron chi connectivity index (χ3n) is 3.65. The Bertz CT molecular complexity index is 399. The lowest BCUT2D eigenvalue weighted by Crippen LogP contribution is -2.55. The first-order valence-electron chi connectivity index (χ1n) is 6.14. The van der Waals surface area contributed by atoms with E-state index in [4.69, 9.17) is 5.73 Å². The Morgan fingerprint density at radius 2 is 1.83 bits per heavy atom. The second-order valence-electron chi connectivity index (χ2n) is 4.86. The van der Waals surface area contributed by atoms with Crippen LogP contribution in [0.3, 0.4) is 0 Å². The van der Waals surface area contributed by atoms with Crippen LogP contribution >= 0.6 is 0 Å². The maximum Gasteiger partial charge on any atom is 0.129 e. The maximum atomic E-state index is 13.5. The van der Waals surface area contributed by atoms with E-state index in [1.807, 2.05) is 0 Å². The molecular weight excluding hydrogens is 238 g/mol. The molecule has 1 aromatic rings. The van der Waals surface area contributed by atoms with Crippen LogP contribution in [0.5, 0.6) is 0 Å². The molecule has 0 saturated carbocycles. The fourth-order valence-electron chi connectivity index (χ4n) is 2.37. The monoisotopic (exact) mass is 256 g/mol. The lowest BCUT2D eigenvalue weighted by Gasteiger charge is -2.37. The first-order valence-corrected chi connectivity index (χ1v) is 6.14. The summed E-state index contributed by atoms with van der Waals surface area (Å²) in [5.41, 5.74) is 4.86. The van der Waals surface area contributed by atoms with Gasteiger partial charge in [0.15, 0.2) is 0 Å². The van der Waals surface area contributed by atoms with Crippen LogP contribution in [-0.2, 0) is 6.42 Å². The van der Waals surface area contributed by atoms with Crippen molar-refractivity contribution >= 4 is 0 Å². The van der Waals surface area contributed by atoms with Crippen LogP contribution in [0.15, 0.2) is 18.2 Å². The van der Waals surface area contributed by atoms with Crippen molar-refractivity contribution in [3.8, 4) is 0 Å². The number of halogens is 2. The van der Waals surface area contributed by atoms with Crippen molar-refractivity contribution in [2.75, 3.05) is 13.1 Å². The molecule has 0 spiro atoms. The molecule has 5 heteroatoms. The highest BCUT2D eigenvalue weighted by Gasteiger charge is 2.36. The van der Waals surface area contributed by atoms with E-state index in [-0.39, 0.29) is 12.0 Å². The Balaban J connectivity index is 2.13. The molecule has 1 atom stereocenters. The van der Waals surface area contributed by atoms with Crippen LogP contribution in [0.25, 0.3) is 0 Å². The zero-order chi connectivity index (χ0) is 13.2. The van der Waals surface area contributed by atoms with Gasteiger partial charge in [0, 0.05) is 11.6 Å². The van der Waals surface area contributed by atoms with Crippen LogP contribution in [-0.4, -0.2) is 29.8 Å². The molecule has 0 aromatic heterocycles. The van der Waals surface area contributed by atoms with Gasteiger partial charge in [-0.2, -0.15) is 0 Å². The van der Waals surface area contributed by atoms with Crippen LogP contribution in [0.1, 0.15) is 18.4 Å². The lowest BCUT2D eigenvalue weighted by molar-refractivity contribution is -0.0136. The van der Waals surface area contributed by atoms with Crippen LogP contribution in [0, 0.1) is 11.6 Å². The lowest BCUT2D eigenvalue weighted by atomic mass is 9.82. The second kappa shape index (κ2) is 5.30. The molecule has 0 bridgehead atoms. The average molecular weight is 256 g/mol. The van der Waals surface area contributed by atoms with E-state index in [1.54, 1.807) is 0 Å². The molecule has 1 heterocycles. The fourth-order valence-corrected chi connectivity index (χ4v) is 2.37. The summed E-state index contributed by atoms with van der Waals surface area (Å²) in [7, 11) is 0. The summed E-state index contributed by atoms with van der Waals surface area (Å²) in [6, 6.07) is 3.07. The smallest absolute Gasteiger partial charge is 0.129 e. The Hall–Kier alpha value is -1.04. The number of piperidine rings is 1. The highest BCUT2D eigenvalue weighted by atomic mass is 19.1. The molecule has 3 nitrogen and oxygen atoms in total. The van der Waals surface area contributed by atoms with Gasteiger partial charge < -0.3 is 16.2 Å². The van der Waals surface area contributed by atoms with Gasteiger partial charge >= 0.3 is 0 Å². The van der Waals surface area contributed by atoms with Gasteiger partial charge in [-0.3, -0.25) is 0 Å². The molecule has 1 aliphatic rings. The maximum absolute atomic E-state index is 13.5. The third-order valence-corrected chi connectivity index (χ3v) is 3.65. The minimum absolute atomic E-state index is 0.00894. The molecule has 18 heavy (non-hydrogen) atoms. The van der Waals surface area contributed by atoms with Crippen LogP contribution in [0.4, 0.5) is 8.78 Å². The van der Waals surface area contributed by atoms with Gasteiger partial charge in [-0.1, -0.05) is 6.07 Å². The van der Waals surface area contributed by atoms with Crippen molar-refractivity contribution in [3.63, 3.8) is 0 Å². The zero-order valence-corrected chi connectivity index (χ0v) is 10.1. The van der Waals surface area contributed by atoms with Gasteiger partial charge in [-0.05, 0) is 44.5 Å². The van der Waals surface area contributed by atoms with Crippen molar-refractivity contribution < 1.29 is 13.9 Å². The Labute approximate surface area is 105 Å². The molecule has 1 unspecified atom stereocenters. The SMILES string of the molecule is NC(Cc1c(F)cccc1F)C1(O)CCNCC1. The van der Waals surface area contributed by atoms with E-state index in [1.165, 1.54) is 18.2 Å². The second-order valence-corrected chi connectivity index (χ2v) is 4.86. The average Bonchev–Trinajstić information content (AvgIpc) is 2.34. The van der Waals surface area contributed by atoms with E-state index >= 15 is 0 Å². The molecule has 1 aromatic carbocycles. The number of hydrogen-bond donors (Lipinski definition) is 3. The number of benzene rings is 1. The molecular formula is C13H18F2N2O. The van der Waals surface area contributed by atoms with E-state index in [0.717, 1.165) is 0 Å². The van der Waals surface area contributed by atoms with Crippen molar-refractivity contribution in [1.29, 1.82) is 0 Å². The van der Waals surface area contributed by atoms with E-state index in [2.05, 4.69) is 5.32 Å². The van der Waals surface area contributed by atoms with Gasteiger partial charge in [0.05, 0.1) is 5.60 Å². The molecule has 0 amide bonds.